The van der Waals surface area contributed by atoms with Crippen LogP contribution < -0.4 is 10.1 Å². The highest BCUT2D eigenvalue weighted by molar-refractivity contribution is 5.92. The van der Waals surface area contributed by atoms with Crippen molar-refractivity contribution in [2.75, 3.05) is 18.5 Å². The first kappa shape index (κ1) is 19.2. The van der Waals surface area contributed by atoms with Gasteiger partial charge in [-0.15, -0.1) is 0 Å². The first-order valence-electron chi connectivity index (χ1n) is 8.90. The number of hydrogen-bond donors (Lipinski definition) is 1. The smallest absolute Gasteiger partial charge is 0.344 e. The lowest BCUT2D eigenvalue weighted by atomic mass is 10.1. The van der Waals surface area contributed by atoms with Crippen LogP contribution in [0, 0.1) is 6.92 Å². The van der Waals surface area contributed by atoms with Gasteiger partial charge in [-0.3, -0.25) is 4.79 Å². The summed E-state index contributed by atoms with van der Waals surface area (Å²) in [5.41, 5.74) is 3.86. The van der Waals surface area contributed by atoms with Gasteiger partial charge in [0.25, 0.3) is 5.91 Å². The van der Waals surface area contributed by atoms with Gasteiger partial charge in [0.05, 0.1) is 0 Å². The maximum absolute atomic E-state index is 11.8. The molecule has 1 amide bonds. The topological polar surface area (TPSA) is 64.6 Å². The molecule has 0 radical (unpaired) electrons. The molecule has 1 N–H and O–H groups in total. The average molecular weight is 375 g/mol. The molecule has 28 heavy (non-hydrogen) atoms. The minimum absolute atomic E-state index is 0.261. The molecule has 0 aliphatic heterocycles. The van der Waals surface area contributed by atoms with E-state index in [9.17, 15) is 9.59 Å². The van der Waals surface area contributed by atoms with Gasteiger partial charge >= 0.3 is 5.97 Å². The Morgan fingerprint density at radius 1 is 0.821 bits per heavy atom. The van der Waals surface area contributed by atoms with Crippen LogP contribution in [0.5, 0.6) is 5.75 Å². The maximum Gasteiger partial charge on any atom is 0.344 e. The molecule has 0 spiro atoms. The van der Waals surface area contributed by atoms with Gasteiger partial charge in [-0.2, -0.15) is 0 Å². The van der Waals surface area contributed by atoms with Crippen LogP contribution in [-0.2, 0) is 14.3 Å². The maximum atomic E-state index is 11.8. The number of benzene rings is 3. The van der Waals surface area contributed by atoms with E-state index < -0.39 is 11.9 Å². The van der Waals surface area contributed by atoms with Gasteiger partial charge in [0.1, 0.15) is 5.75 Å². The highest BCUT2D eigenvalue weighted by Crippen LogP contribution is 2.22. The third-order valence-electron chi connectivity index (χ3n) is 3.98. The van der Waals surface area contributed by atoms with E-state index in [2.05, 4.69) is 5.32 Å². The fourth-order valence-corrected chi connectivity index (χ4v) is 2.62. The van der Waals surface area contributed by atoms with Crippen molar-refractivity contribution in [1.82, 2.24) is 0 Å². The molecule has 0 heterocycles. The van der Waals surface area contributed by atoms with Crippen LogP contribution in [-0.4, -0.2) is 25.1 Å². The van der Waals surface area contributed by atoms with E-state index in [0.29, 0.717) is 11.4 Å². The van der Waals surface area contributed by atoms with Gasteiger partial charge in [0, 0.05) is 5.69 Å². The number of amides is 1. The summed E-state index contributed by atoms with van der Waals surface area (Å²) < 4.78 is 10.4. The summed E-state index contributed by atoms with van der Waals surface area (Å²) >= 11 is 0. The number of hydrogen-bond acceptors (Lipinski definition) is 4. The molecular weight excluding hydrogens is 354 g/mol. The van der Waals surface area contributed by atoms with Crippen LogP contribution in [0.25, 0.3) is 11.1 Å². The van der Waals surface area contributed by atoms with E-state index in [0.717, 1.165) is 16.7 Å². The van der Waals surface area contributed by atoms with Crippen molar-refractivity contribution in [2.45, 2.75) is 6.92 Å². The lowest BCUT2D eigenvalue weighted by molar-refractivity contribution is -0.149. The first-order chi connectivity index (χ1) is 13.6. The quantitative estimate of drug-likeness (QED) is 0.628. The minimum atomic E-state index is -0.605. The van der Waals surface area contributed by atoms with Crippen molar-refractivity contribution < 1.29 is 19.1 Å². The molecule has 142 valence electrons. The Morgan fingerprint density at radius 3 is 2.25 bits per heavy atom. The summed E-state index contributed by atoms with van der Waals surface area (Å²) in [6, 6.07) is 24.8. The molecular formula is C23H21NO4. The SMILES string of the molecule is Cc1cccc(NC(=O)COC(=O)COc2ccc(-c3ccccc3)cc2)c1. The Kier molecular flexibility index (Phi) is 6.41. The Morgan fingerprint density at radius 2 is 1.54 bits per heavy atom. The number of esters is 1. The molecule has 0 saturated heterocycles. The second-order valence-electron chi connectivity index (χ2n) is 6.26. The van der Waals surface area contributed by atoms with Crippen molar-refractivity contribution in [3.63, 3.8) is 0 Å². The summed E-state index contributed by atoms with van der Waals surface area (Å²) in [6.07, 6.45) is 0. The van der Waals surface area contributed by atoms with Crippen LogP contribution in [0.3, 0.4) is 0 Å². The third kappa shape index (κ3) is 5.71. The molecule has 5 heteroatoms. The third-order valence-corrected chi connectivity index (χ3v) is 3.98. The van der Waals surface area contributed by atoms with Gasteiger partial charge in [0.15, 0.2) is 13.2 Å². The Balaban J connectivity index is 1.42. The number of carbonyl (C=O) groups excluding carboxylic acids is 2. The number of anilines is 1. The van der Waals surface area contributed by atoms with E-state index in [1.54, 1.807) is 18.2 Å². The van der Waals surface area contributed by atoms with Gasteiger partial charge < -0.3 is 14.8 Å². The first-order valence-corrected chi connectivity index (χ1v) is 8.90. The fraction of sp³-hybridized carbons (Fsp3) is 0.130. The van der Waals surface area contributed by atoms with Gasteiger partial charge in [-0.1, -0.05) is 54.6 Å². The number of rotatable bonds is 7. The summed E-state index contributed by atoms with van der Waals surface area (Å²) in [6.45, 7) is 1.31. The van der Waals surface area contributed by atoms with Crippen LogP contribution in [0.2, 0.25) is 0 Å². The molecule has 0 aromatic heterocycles. The van der Waals surface area contributed by atoms with Gasteiger partial charge in [0.2, 0.25) is 0 Å². The molecule has 0 bridgehead atoms. The van der Waals surface area contributed by atoms with Crippen molar-refractivity contribution in [2.24, 2.45) is 0 Å². The molecule has 0 unspecified atom stereocenters. The van der Waals surface area contributed by atoms with E-state index in [4.69, 9.17) is 9.47 Å². The predicted octanol–water partition coefficient (Wildman–Crippen LogP) is 4.22. The summed E-state index contributed by atoms with van der Waals surface area (Å²) in [5, 5.41) is 2.68. The zero-order chi connectivity index (χ0) is 19.8. The molecule has 3 rings (SSSR count). The van der Waals surface area contributed by atoms with Crippen LogP contribution in [0.4, 0.5) is 5.69 Å². The molecule has 3 aromatic carbocycles. The summed E-state index contributed by atoms with van der Waals surface area (Å²) in [7, 11) is 0. The molecule has 0 fully saturated rings. The van der Waals surface area contributed by atoms with Gasteiger partial charge in [-0.25, -0.2) is 4.79 Å². The molecule has 3 aromatic rings. The normalized spacial score (nSPS) is 10.2. The number of carbonyl (C=O) groups is 2. The van der Waals surface area contributed by atoms with Crippen molar-refractivity contribution in [1.29, 1.82) is 0 Å². The zero-order valence-corrected chi connectivity index (χ0v) is 15.6. The molecule has 0 saturated carbocycles. The Labute approximate surface area is 163 Å². The van der Waals surface area contributed by atoms with E-state index in [1.165, 1.54) is 0 Å². The summed E-state index contributed by atoms with van der Waals surface area (Å²) in [5.74, 6) is -0.446. The molecule has 5 nitrogen and oxygen atoms in total. The summed E-state index contributed by atoms with van der Waals surface area (Å²) in [4.78, 5) is 23.6. The monoisotopic (exact) mass is 375 g/mol. The van der Waals surface area contributed by atoms with Crippen LogP contribution >= 0.6 is 0 Å². The van der Waals surface area contributed by atoms with E-state index >= 15 is 0 Å². The second-order valence-corrected chi connectivity index (χ2v) is 6.26. The molecule has 0 aliphatic carbocycles. The average Bonchev–Trinajstić information content (AvgIpc) is 2.72. The molecule has 0 aliphatic rings. The highest BCUT2D eigenvalue weighted by Gasteiger charge is 2.09. The lowest BCUT2D eigenvalue weighted by Crippen LogP contribution is -2.23. The van der Waals surface area contributed by atoms with Crippen LogP contribution in [0.1, 0.15) is 5.56 Å². The highest BCUT2D eigenvalue weighted by atomic mass is 16.6. The predicted molar refractivity (Wildman–Crippen MR) is 108 cm³/mol. The van der Waals surface area contributed by atoms with Crippen LogP contribution in [0.15, 0.2) is 78.9 Å². The van der Waals surface area contributed by atoms with Crippen molar-refractivity contribution in [3.05, 3.63) is 84.4 Å². The zero-order valence-electron chi connectivity index (χ0n) is 15.6. The second kappa shape index (κ2) is 9.37. The largest absolute Gasteiger partial charge is 0.482 e. The Hall–Kier alpha value is -3.60. The lowest BCUT2D eigenvalue weighted by Gasteiger charge is -2.09. The molecule has 0 atom stereocenters. The number of ether oxygens (including phenoxy) is 2. The van der Waals surface area contributed by atoms with E-state index in [1.807, 2.05) is 67.6 Å². The van der Waals surface area contributed by atoms with Crippen molar-refractivity contribution >= 4 is 17.6 Å². The minimum Gasteiger partial charge on any atom is -0.482 e. The van der Waals surface area contributed by atoms with E-state index in [-0.39, 0.29) is 13.2 Å². The number of aryl methyl sites for hydroxylation is 1. The van der Waals surface area contributed by atoms with Crippen molar-refractivity contribution in [3.8, 4) is 16.9 Å². The fourth-order valence-electron chi connectivity index (χ4n) is 2.62. The standard InChI is InChI=1S/C23H21NO4/c1-17-6-5-9-20(14-17)24-22(25)15-28-23(26)16-27-21-12-10-19(11-13-21)18-7-3-2-4-8-18/h2-14H,15-16H2,1H3,(H,24,25). The Bertz CT molecular complexity index is 936. The number of nitrogens with one attached hydrogen (secondary N) is 1. The van der Waals surface area contributed by atoms with Gasteiger partial charge in [-0.05, 0) is 47.9 Å².